The largest absolute Gasteiger partial charge is 0.335 e. The number of nitrogens with zero attached hydrogens (tertiary/aromatic N) is 3. The first kappa shape index (κ1) is 17.9. The molecular weight excluding hydrogens is 358 g/mol. The fourth-order valence-electron chi connectivity index (χ4n) is 3.61. The highest BCUT2D eigenvalue weighted by molar-refractivity contribution is 7.89. The lowest BCUT2D eigenvalue weighted by Gasteiger charge is -2.26. The first-order valence-electron chi connectivity index (χ1n) is 9.05. The van der Waals surface area contributed by atoms with Crippen LogP contribution in [0.5, 0.6) is 0 Å². The molecule has 140 valence electrons. The number of benzene rings is 1. The second-order valence-corrected chi connectivity index (χ2v) is 9.05. The quantitative estimate of drug-likeness (QED) is 0.696. The van der Waals surface area contributed by atoms with Gasteiger partial charge in [-0.25, -0.2) is 13.4 Å². The van der Waals surface area contributed by atoms with Crippen LogP contribution in [0.2, 0.25) is 0 Å². The normalized spacial score (nSPS) is 15.9. The summed E-state index contributed by atoms with van der Waals surface area (Å²) < 4.78 is 29.6. The van der Waals surface area contributed by atoms with Gasteiger partial charge in [0.1, 0.15) is 5.65 Å². The van der Waals surface area contributed by atoms with Crippen LogP contribution in [0.3, 0.4) is 0 Å². The number of hydrogen-bond donors (Lipinski definition) is 0. The Balaban J connectivity index is 1.63. The van der Waals surface area contributed by atoms with Crippen molar-refractivity contribution >= 4 is 26.6 Å². The highest BCUT2D eigenvalue weighted by atomic mass is 32.2. The predicted molar refractivity (Wildman–Crippen MR) is 108 cm³/mol. The molecule has 3 aromatic rings. The molecule has 0 saturated carbocycles. The van der Waals surface area contributed by atoms with Crippen molar-refractivity contribution in [1.29, 1.82) is 0 Å². The molecule has 2 aromatic heterocycles. The van der Waals surface area contributed by atoms with Crippen LogP contribution in [0.1, 0.15) is 23.1 Å². The Hall–Kier alpha value is -2.44. The smallest absolute Gasteiger partial charge is 0.243 e. The zero-order valence-electron chi connectivity index (χ0n) is 15.8. The highest BCUT2D eigenvalue weighted by Crippen LogP contribution is 2.31. The Labute approximate surface area is 160 Å². The third-order valence-electron chi connectivity index (χ3n) is 5.37. The average molecular weight is 382 g/mol. The Morgan fingerprint density at radius 1 is 1.11 bits per heavy atom. The van der Waals surface area contributed by atoms with Gasteiger partial charge in [0.25, 0.3) is 0 Å². The summed E-state index contributed by atoms with van der Waals surface area (Å²) in [7, 11) is -1.49. The number of aromatic nitrogens is 2. The van der Waals surface area contributed by atoms with Gasteiger partial charge in [0.05, 0.1) is 4.90 Å². The number of pyridine rings is 1. The number of fused-ring (bicyclic) bond motifs is 1. The van der Waals surface area contributed by atoms with Crippen molar-refractivity contribution in [2.75, 3.05) is 13.1 Å². The van der Waals surface area contributed by atoms with Crippen LogP contribution in [0, 0.1) is 13.8 Å². The molecular formula is C21H23N3O2S. The van der Waals surface area contributed by atoms with Crippen molar-refractivity contribution in [3.63, 3.8) is 0 Å². The van der Waals surface area contributed by atoms with Crippen molar-refractivity contribution in [3.05, 3.63) is 65.5 Å². The second-order valence-electron chi connectivity index (χ2n) is 7.12. The average Bonchev–Trinajstić information content (AvgIpc) is 3.01. The first-order chi connectivity index (χ1) is 12.9. The number of aryl methyl sites for hydroxylation is 3. The van der Waals surface area contributed by atoms with Crippen LogP contribution >= 0.6 is 0 Å². The second kappa shape index (κ2) is 6.62. The molecule has 0 spiro atoms. The van der Waals surface area contributed by atoms with E-state index in [4.69, 9.17) is 0 Å². The van der Waals surface area contributed by atoms with Gasteiger partial charge in [0.15, 0.2) is 0 Å². The van der Waals surface area contributed by atoms with Gasteiger partial charge in [0, 0.05) is 43.5 Å². The summed E-state index contributed by atoms with van der Waals surface area (Å²) in [6.07, 6.45) is 6.60. The van der Waals surface area contributed by atoms with E-state index in [1.165, 1.54) is 5.57 Å². The number of rotatable bonds is 3. The van der Waals surface area contributed by atoms with E-state index in [2.05, 4.69) is 17.2 Å². The Morgan fingerprint density at radius 2 is 1.93 bits per heavy atom. The van der Waals surface area contributed by atoms with E-state index in [1.54, 1.807) is 22.6 Å². The zero-order valence-corrected chi connectivity index (χ0v) is 16.6. The Morgan fingerprint density at radius 3 is 2.63 bits per heavy atom. The highest BCUT2D eigenvalue weighted by Gasteiger charge is 2.27. The van der Waals surface area contributed by atoms with Crippen LogP contribution in [0.15, 0.2) is 53.7 Å². The standard InChI is InChI=1S/C21H23N3O2S/c1-15-6-7-18(13-16(15)2)27(25,26)24-11-8-17(9-12-24)20-14-23(3)21-19(20)5-4-10-22-21/h4-8,10,13-14H,9,11-12H2,1-3H3. The van der Waals surface area contributed by atoms with Gasteiger partial charge in [-0.2, -0.15) is 4.31 Å². The van der Waals surface area contributed by atoms with Crippen molar-refractivity contribution in [2.45, 2.75) is 25.2 Å². The molecule has 1 aliphatic heterocycles. The molecule has 0 N–H and O–H groups in total. The minimum atomic E-state index is -3.47. The molecule has 1 aliphatic rings. The van der Waals surface area contributed by atoms with Crippen molar-refractivity contribution < 1.29 is 8.42 Å². The van der Waals surface area contributed by atoms with Gasteiger partial charge < -0.3 is 4.57 Å². The van der Waals surface area contributed by atoms with E-state index in [-0.39, 0.29) is 0 Å². The van der Waals surface area contributed by atoms with Crippen molar-refractivity contribution in [3.8, 4) is 0 Å². The maximum Gasteiger partial charge on any atom is 0.243 e. The van der Waals surface area contributed by atoms with Gasteiger partial charge in [-0.1, -0.05) is 12.1 Å². The zero-order chi connectivity index (χ0) is 19.2. The molecule has 5 nitrogen and oxygen atoms in total. The van der Waals surface area contributed by atoms with Crippen LogP contribution in [0.25, 0.3) is 16.6 Å². The van der Waals surface area contributed by atoms with Crippen LogP contribution in [-0.2, 0) is 17.1 Å². The van der Waals surface area contributed by atoms with Crippen LogP contribution < -0.4 is 0 Å². The summed E-state index contributed by atoms with van der Waals surface area (Å²) in [5.74, 6) is 0. The summed E-state index contributed by atoms with van der Waals surface area (Å²) >= 11 is 0. The molecule has 0 aliphatic carbocycles. The lowest BCUT2D eigenvalue weighted by Crippen LogP contribution is -2.34. The number of hydrogen-bond acceptors (Lipinski definition) is 3. The molecule has 0 amide bonds. The molecule has 0 atom stereocenters. The molecule has 27 heavy (non-hydrogen) atoms. The van der Waals surface area contributed by atoms with Crippen LogP contribution in [-0.4, -0.2) is 35.4 Å². The number of sulfonamides is 1. The molecule has 0 bridgehead atoms. The molecule has 6 heteroatoms. The fraction of sp³-hybridized carbons (Fsp3) is 0.286. The van der Waals surface area contributed by atoms with E-state index >= 15 is 0 Å². The lowest BCUT2D eigenvalue weighted by atomic mass is 10.0. The Bertz CT molecular complexity index is 1160. The van der Waals surface area contributed by atoms with Crippen molar-refractivity contribution in [2.24, 2.45) is 7.05 Å². The van der Waals surface area contributed by atoms with E-state index in [0.29, 0.717) is 24.4 Å². The molecule has 3 heterocycles. The van der Waals surface area contributed by atoms with Gasteiger partial charge in [-0.3, -0.25) is 0 Å². The fourth-order valence-corrected chi connectivity index (χ4v) is 5.07. The summed E-state index contributed by atoms with van der Waals surface area (Å²) in [6.45, 7) is 4.80. The van der Waals surface area contributed by atoms with E-state index in [0.717, 1.165) is 27.7 Å². The van der Waals surface area contributed by atoms with Gasteiger partial charge in [-0.05, 0) is 61.2 Å². The first-order valence-corrected chi connectivity index (χ1v) is 10.5. The maximum atomic E-state index is 13.0. The van der Waals surface area contributed by atoms with Gasteiger partial charge in [0.2, 0.25) is 10.0 Å². The molecule has 0 saturated heterocycles. The summed E-state index contributed by atoms with van der Waals surface area (Å²) in [5.41, 5.74) is 5.36. The van der Waals surface area contributed by atoms with E-state index < -0.39 is 10.0 Å². The SMILES string of the molecule is Cc1ccc(S(=O)(=O)N2CC=C(c3cn(C)c4ncccc34)CC2)cc1C. The molecule has 1 aromatic carbocycles. The molecule has 0 unspecified atom stereocenters. The van der Waals surface area contributed by atoms with E-state index in [9.17, 15) is 8.42 Å². The molecule has 0 fully saturated rings. The molecule has 0 radical (unpaired) electrons. The third kappa shape index (κ3) is 3.09. The minimum Gasteiger partial charge on any atom is -0.335 e. The topological polar surface area (TPSA) is 55.2 Å². The minimum absolute atomic E-state index is 0.372. The Kier molecular flexibility index (Phi) is 4.40. The predicted octanol–water partition coefficient (Wildman–Crippen LogP) is 3.67. The lowest BCUT2D eigenvalue weighted by molar-refractivity contribution is 0.441. The van der Waals surface area contributed by atoms with Crippen LogP contribution in [0.4, 0.5) is 0 Å². The summed E-state index contributed by atoms with van der Waals surface area (Å²) in [5, 5.41) is 1.11. The molecule has 4 rings (SSSR count). The van der Waals surface area contributed by atoms with Gasteiger partial charge in [-0.15, -0.1) is 0 Å². The van der Waals surface area contributed by atoms with Crippen molar-refractivity contribution in [1.82, 2.24) is 13.9 Å². The maximum absolute atomic E-state index is 13.0. The van der Waals surface area contributed by atoms with Gasteiger partial charge >= 0.3 is 0 Å². The van der Waals surface area contributed by atoms with E-state index in [1.807, 2.05) is 43.7 Å². The third-order valence-corrected chi connectivity index (χ3v) is 7.23. The monoisotopic (exact) mass is 381 g/mol. The summed E-state index contributed by atoms with van der Waals surface area (Å²) in [6, 6.07) is 9.34. The summed E-state index contributed by atoms with van der Waals surface area (Å²) in [4.78, 5) is 4.81.